The van der Waals surface area contributed by atoms with Crippen LogP contribution in [-0.4, -0.2) is 30.6 Å². The lowest BCUT2D eigenvalue weighted by molar-refractivity contribution is -0.130. The van der Waals surface area contributed by atoms with Crippen molar-refractivity contribution in [3.8, 4) is 0 Å². The summed E-state index contributed by atoms with van der Waals surface area (Å²) in [5.74, 6) is -0.104. The third-order valence-corrected chi connectivity index (χ3v) is 3.85. The average molecular weight is 284 g/mol. The van der Waals surface area contributed by atoms with Gasteiger partial charge in [-0.1, -0.05) is 11.6 Å². The molecule has 0 aliphatic carbocycles. The maximum absolute atomic E-state index is 12.5. The largest absolute Gasteiger partial charge is 0.381 e. The highest BCUT2D eigenvalue weighted by molar-refractivity contribution is 6.32. The van der Waals surface area contributed by atoms with Gasteiger partial charge in [-0.3, -0.25) is 4.79 Å². The Morgan fingerprint density at radius 3 is 2.89 bits per heavy atom. The first-order valence-electron chi connectivity index (χ1n) is 6.29. The van der Waals surface area contributed by atoms with Gasteiger partial charge in [-0.2, -0.15) is 0 Å². The predicted molar refractivity (Wildman–Crippen MR) is 74.2 cm³/mol. The van der Waals surface area contributed by atoms with E-state index in [1.54, 1.807) is 12.3 Å². The summed E-state index contributed by atoms with van der Waals surface area (Å²) >= 11 is 5.99. The summed E-state index contributed by atoms with van der Waals surface area (Å²) in [5.41, 5.74) is 6.70. The molecule has 0 bridgehead atoms. The Balaban J connectivity index is 2.17. The molecule has 0 aromatic carbocycles. The summed E-state index contributed by atoms with van der Waals surface area (Å²) in [6, 6.07) is 1.80. The summed E-state index contributed by atoms with van der Waals surface area (Å²) < 4.78 is 5.30. The number of anilines is 1. The fourth-order valence-electron chi connectivity index (χ4n) is 2.18. The number of carbonyl (C=O) groups is 1. The van der Waals surface area contributed by atoms with E-state index in [9.17, 15) is 4.79 Å². The van der Waals surface area contributed by atoms with Gasteiger partial charge in [-0.15, -0.1) is 0 Å². The van der Waals surface area contributed by atoms with Crippen LogP contribution in [0.3, 0.4) is 0 Å². The second-order valence-electron chi connectivity index (χ2n) is 4.90. The molecule has 3 N–H and O–H groups in total. The predicted octanol–water partition coefficient (Wildman–Crippen LogP) is 1.74. The van der Waals surface area contributed by atoms with Gasteiger partial charge < -0.3 is 15.8 Å². The fraction of sp³-hybridized carbons (Fsp3) is 0.538. The molecular formula is C13H18ClN3O2. The van der Waals surface area contributed by atoms with E-state index in [-0.39, 0.29) is 11.1 Å². The minimum atomic E-state index is -0.564. The smallest absolute Gasteiger partial charge is 0.232 e. The van der Waals surface area contributed by atoms with Crippen LogP contribution in [0.1, 0.15) is 18.4 Å². The SMILES string of the molecule is Cc1cnc(Cl)c(NC(=O)C2(CN)CCOCC2)c1. The van der Waals surface area contributed by atoms with Gasteiger partial charge in [-0.25, -0.2) is 4.98 Å². The maximum atomic E-state index is 12.5. The number of hydrogen-bond donors (Lipinski definition) is 2. The van der Waals surface area contributed by atoms with E-state index in [4.69, 9.17) is 22.1 Å². The highest BCUT2D eigenvalue weighted by Crippen LogP contribution is 2.32. The van der Waals surface area contributed by atoms with Gasteiger partial charge in [0.25, 0.3) is 0 Å². The van der Waals surface area contributed by atoms with Crippen LogP contribution < -0.4 is 11.1 Å². The number of nitrogens with one attached hydrogen (secondary N) is 1. The van der Waals surface area contributed by atoms with Crippen LogP contribution in [0.4, 0.5) is 5.69 Å². The lowest BCUT2D eigenvalue weighted by Crippen LogP contribution is -2.46. The van der Waals surface area contributed by atoms with E-state index in [0.29, 0.717) is 38.3 Å². The number of rotatable bonds is 3. The van der Waals surface area contributed by atoms with Gasteiger partial charge >= 0.3 is 0 Å². The molecule has 0 saturated carbocycles. The Hall–Kier alpha value is -1.17. The number of aromatic nitrogens is 1. The Morgan fingerprint density at radius 1 is 1.58 bits per heavy atom. The van der Waals surface area contributed by atoms with Gasteiger partial charge in [0, 0.05) is 26.0 Å². The van der Waals surface area contributed by atoms with Crippen LogP contribution in [-0.2, 0) is 9.53 Å². The first-order valence-corrected chi connectivity index (χ1v) is 6.67. The van der Waals surface area contributed by atoms with E-state index in [0.717, 1.165) is 5.56 Å². The molecule has 1 saturated heterocycles. The highest BCUT2D eigenvalue weighted by Gasteiger charge is 2.39. The summed E-state index contributed by atoms with van der Waals surface area (Å²) in [6.45, 7) is 3.32. The van der Waals surface area contributed by atoms with Crippen molar-refractivity contribution in [2.24, 2.45) is 11.1 Å². The van der Waals surface area contributed by atoms with Gasteiger partial charge in [0.15, 0.2) is 5.15 Å². The quantitative estimate of drug-likeness (QED) is 0.829. The maximum Gasteiger partial charge on any atom is 0.232 e. The zero-order valence-corrected chi connectivity index (χ0v) is 11.7. The molecular weight excluding hydrogens is 266 g/mol. The number of ether oxygens (including phenoxy) is 1. The molecule has 0 spiro atoms. The van der Waals surface area contributed by atoms with Crippen LogP contribution in [0.25, 0.3) is 0 Å². The van der Waals surface area contributed by atoms with Crippen LogP contribution in [0.2, 0.25) is 5.15 Å². The molecule has 104 valence electrons. The van der Waals surface area contributed by atoms with Crippen molar-refractivity contribution in [2.75, 3.05) is 25.1 Å². The molecule has 0 unspecified atom stereocenters. The number of carbonyl (C=O) groups excluding carboxylic acids is 1. The number of nitrogens with two attached hydrogens (primary N) is 1. The molecule has 0 atom stereocenters. The topological polar surface area (TPSA) is 77.2 Å². The van der Waals surface area contributed by atoms with Crippen molar-refractivity contribution < 1.29 is 9.53 Å². The van der Waals surface area contributed by atoms with E-state index < -0.39 is 5.41 Å². The summed E-state index contributed by atoms with van der Waals surface area (Å²) in [5, 5.41) is 3.13. The lowest BCUT2D eigenvalue weighted by Gasteiger charge is -2.34. The molecule has 5 nitrogen and oxygen atoms in total. The summed E-state index contributed by atoms with van der Waals surface area (Å²) in [7, 11) is 0. The molecule has 1 aromatic heterocycles. The Kier molecular flexibility index (Phi) is 4.39. The van der Waals surface area contributed by atoms with Crippen molar-refractivity contribution in [3.05, 3.63) is 23.0 Å². The van der Waals surface area contributed by atoms with E-state index >= 15 is 0 Å². The minimum Gasteiger partial charge on any atom is -0.381 e. The number of hydrogen-bond acceptors (Lipinski definition) is 4. The van der Waals surface area contributed by atoms with Crippen LogP contribution in [0.15, 0.2) is 12.3 Å². The zero-order valence-electron chi connectivity index (χ0n) is 10.9. The highest BCUT2D eigenvalue weighted by atomic mass is 35.5. The molecule has 1 aliphatic heterocycles. The second kappa shape index (κ2) is 5.86. The first kappa shape index (κ1) is 14.2. The van der Waals surface area contributed by atoms with Gasteiger partial charge in [0.05, 0.1) is 11.1 Å². The van der Waals surface area contributed by atoms with Crippen molar-refractivity contribution in [1.29, 1.82) is 0 Å². The normalized spacial score (nSPS) is 18.1. The van der Waals surface area contributed by atoms with Crippen molar-refractivity contribution >= 4 is 23.2 Å². The Labute approximate surface area is 117 Å². The van der Waals surface area contributed by atoms with Crippen molar-refractivity contribution in [1.82, 2.24) is 4.98 Å². The number of halogens is 1. The van der Waals surface area contributed by atoms with Gasteiger partial charge in [-0.05, 0) is 31.4 Å². The molecule has 2 heterocycles. The van der Waals surface area contributed by atoms with E-state index in [2.05, 4.69) is 10.3 Å². The van der Waals surface area contributed by atoms with Crippen LogP contribution in [0, 0.1) is 12.3 Å². The summed E-state index contributed by atoms with van der Waals surface area (Å²) in [4.78, 5) is 16.5. The fourth-order valence-corrected chi connectivity index (χ4v) is 2.33. The average Bonchev–Trinajstić information content (AvgIpc) is 2.43. The zero-order chi connectivity index (χ0) is 13.9. The molecule has 6 heteroatoms. The molecule has 0 radical (unpaired) electrons. The van der Waals surface area contributed by atoms with Gasteiger partial charge in [0.2, 0.25) is 5.91 Å². The van der Waals surface area contributed by atoms with E-state index in [1.807, 2.05) is 6.92 Å². The standard InChI is InChI=1S/C13H18ClN3O2/c1-9-6-10(11(14)16-7-9)17-12(18)13(8-15)2-4-19-5-3-13/h6-7H,2-5,8,15H2,1H3,(H,17,18). The first-order chi connectivity index (χ1) is 9.07. The third-order valence-electron chi connectivity index (χ3n) is 3.55. The lowest BCUT2D eigenvalue weighted by atomic mass is 9.79. The Bertz CT molecular complexity index is 473. The van der Waals surface area contributed by atoms with Crippen molar-refractivity contribution in [2.45, 2.75) is 19.8 Å². The molecule has 1 aliphatic rings. The second-order valence-corrected chi connectivity index (χ2v) is 5.26. The van der Waals surface area contributed by atoms with Crippen LogP contribution in [0.5, 0.6) is 0 Å². The van der Waals surface area contributed by atoms with Gasteiger partial charge in [0.1, 0.15) is 0 Å². The number of pyridine rings is 1. The molecule has 2 rings (SSSR count). The third kappa shape index (κ3) is 3.05. The minimum absolute atomic E-state index is 0.104. The van der Waals surface area contributed by atoms with Crippen molar-refractivity contribution in [3.63, 3.8) is 0 Å². The monoisotopic (exact) mass is 283 g/mol. The molecule has 1 amide bonds. The van der Waals surface area contributed by atoms with E-state index in [1.165, 1.54) is 0 Å². The number of aryl methyl sites for hydroxylation is 1. The summed E-state index contributed by atoms with van der Waals surface area (Å²) in [6.07, 6.45) is 2.92. The van der Waals surface area contributed by atoms with Crippen LogP contribution >= 0.6 is 11.6 Å². The Morgan fingerprint density at radius 2 is 2.26 bits per heavy atom. The number of amides is 1. The molecule has 1 fully saturated rings. The molecule has 1 aromatic rings. The number of nitrogens with zero attached hydrogens (tertiary/aromatic N) is 1. The molecule has 19 heavy (non-hydrogen) atoms.